The van der Waals surface area contributed by atoms with Gasteiger partial charge in [-0.1, -0.05) is 30.3 Å². The Hall–Kier alpha value is -2.40. The number of carbonyl (C=O) groups is 1. The van der Waals surface area contributed by atoms with Crippen molar-refractivity contribution in [1.82, 2.24) is 10.3 Å². The van der Waals surface area contributed by atoms with Gasteiger partial charge in [0.1, 0.15) is 0 Å². The van der Waals surface area contributed by atoms with Crippen LogP contribution in [0.5, 0.6) is 5.88 Å². The molecule has 0 aliphatic heterocycles. The van der Waals surface area contributed by atoms with Crippen LogP contribution in [0.3, 0.4) is 0 Å². The Balaban J connectivity index is 1.41. The van der Waals surface area contributed by atoms with Gasteiger partial charge in [0, 0.05) is 18.7 Å². The van der Waals surface area contributed by atoms with Gasteiger partial charge in [0.25, 0.3) is 0 Å². The first kappa shape index (κ1) is 18.0. The van der Waals surface area contributed by atoms with Crippen LogP contribution >= 0.6 is 0 Å². The van der Waals surface area contributed by atoms with E-state index in [1.807, 2.05) is 12.1 Å². The molecule has 1 fully saturated rings. The number of pyridine rings is 1. The second-order valence-corrected chi connectivity index (χ2v) is 7.81. The van der Waals surface area contributed by atoms with Crippen molar-refractivity contribution >= 4 is 5.91 Å². The molecular weight excluding hydrogens is 340 g/mol. The molecule has 2 N–H and O–H groups in total. The first-order chi connectivity index (χ1) is 13.1. The molecule has 0 bridgehead atoms. The van der Waals surface area contributed by atoms with E-state index in [1.165, 1.54) is 11.1 Å². The lowest BCUT2D eigenvalue weighted by Gasteiger charge is -2.38. The van der Waals surface area contributed by atoms with Gasteiger partial charge in [-0.25, -0.2) is 4.98 Å². The largest absolute Gasteiger partial charge is 0.481 e. The van der Waals surface area contributed by atoms with Crippen LogP contribution in [-0.2, 0) is 17.6 Å². The van der Waals surface area contributed by atoms with Crippen molar-refractivity contribution in [2.24, 2.45) is 11.8 Å². The summed E-state index contributed by atoms with van der Waals surface area (Å²) in [7, 11) is 1.59. The number of fused-ring (bicyclic) bond motifs is 1. The number of hydrogen-bond donors (Lipinski definition) is 2. The molecule has 27 heavy (non-hydrogen) atoms. The topological polar surface area (TPSA) is 71.5 Å². The van der Waals surface area contributed by atoms with Gasteiger partial charge in [-0.3, -0.25) is 4.79 Å². The number of carbonyl (C=O) groups excluding carboxylic acids is 1. The smallest absolute Gasteiger partial charge is 0.220 e. The Morgan fingerprint density at radius 2 is 1.93 bits per heavy atom. The molecule has 0 radical (unpaired) electrons. The van der Waals surface area contributed by atoms with Gasteiger partial charge in [-0.2, -0.15) is 0 Å². The fraction of sp³-hybridized carbons (Fsp3) is 0.455. The number of rotatable bonds is 6. The van der Waals surface area contributed by atoms with Crippen LogP contribution in [0.1, 0.15) is 42.0 Å². The molecular formula is C22H26N2O3. The van der Waals surface area contributed by atoms with Crippen LogP contribution in [0, 0.1) is 11.8 Å². The monoisotopic (exact) mass is 366 g/mol. The normalized spacial score (nSPS) is 22.6. The van der Waals surface area contributed by atoms with Gasteiger partial charge < -0.3 is 15.2 Å². The Bertz CT molecular complexity index is 774. The molecule has 1 aromatic carbocycles. The number of ether oxygens (including phenoxy) is 1. The number of methoxy groups -OCH3 is 1. The summed E-state index contributed by atoms with van der Waals surface area (Å²) in [4.78, 5) is 17.0. The summed E-state index contributed by atoms with van der Waals surface area (Å²) in [6.07, 6.45) is 5.41. The maximum Gasteiger partial charge on any atom is 0.220 e. The Morgan fingerprint density at radius 3 is 2.48 bits per heavy atom. The van der Waals surface area contributed by atoms with Crippen LogP contribution in [0.2, 0.25) is 0 Å². The number of hydrogen-bond acceptors (Lipinski definition) is 4. The number of nitrogens with zero attached hydrogens (tertiary/aromatic N) is 1. The maximum absolute atomic E-state index is 12.8. The third kappa shape index (κ3) is 3.98. The fourth-order valence-electron chi connectivity index (χ4n) is 4.36. The van der Waals surface area contributed by atoms with E-state index in [0.29, 0.717) is 31.1 Å². The van der Waals surface area contributed by atoms with E-state index in [2.05, 4.69) is 34.6 Å². The van der Waals surface area contributed by atoms with Gasteiger partial charge in [0.2, 0.25) is 11.8 Å². The summed E-state index contributed by atoms with van der Waals surface area (Å²) >= 11 is 0. The first-order valence-corrected chi connectivity index (χ1v) is 9.66. The van der Waals surface area contributed by atoms with Crippen LogP contribution in [0.15, 0.2) is 42.6 Å². The average molecular weight is 366 g/mol. The van der Waals surface area contributed by atoms with Crippen LogP contribution < -0.4 is 10.1 Å². The van der Waals surface area contributed by atoms with Crippen LogP contribution in [0.25, 0.3) is 0 Å². The number of benzene rings is 1. The number of nitrogens with one attached hydrogen (secondary N) is 1. The summed E-state index contributed by atoms with van der Waals surface area (Å²) in [6.45, 7) is 0. The van der Waals surface area contributed by atoms with E-state index in [-0.39, 0.29) is 24.0 Å². The van der Waals surface area contributed by atoms with Gasteiger partial charge >= 0.3 is 0 Å². The number of aliphatic hydroxyl groups excluding tert-OH is 1. The van der Waals surface area contributed by atoms with Crippen LogP contribution in [0.4, 0.5) is 0 Å². The zero-order valence-corrected chi connectivity index (χ0v) is 15.6. The van der Waals surface area contributed by atoms with Gasteiger partial charge in [-0.05, 0) is 54.2 Å². The standard InChI is InChI=1S/C22H26N2O3/c1-27-21-7-6-17(13-23-21)22(18-11-19(25)12-18)24-20(26)10-14-8-15-4-2-3-5-16(15)9-14/h2-7,13-14,18-19,22,25H,8-12H2,1H3,(H,24,26)/t18?,19?,22-/m1/s1. The SMILES string of the molecule is COc1ccc([C@@H](NC(=O)CC2Cc3ccccc3C2)C2CC(O)C2)cn1. The molecule has 2 aromatic rings. The summed E-state index contributed by atoms with van der Waals surface area (Å²) in [6, 6.07) is 12.1. The molecule has 1 amide bonds. The average Bonchev–Trinajstić information content (AvgIpc) is 3.06. The number of aliphatic hydroxyl groups is 1. The summed E-state index contributed by atoms with van der Waals surface area (Å²) in [5.74, 6) is 1.25. The Labute approximate surface area is 159 Å². The molecule has 5 heteroatoms. The van der Waals surface area contributed by atoms with Crippen molar-refractivity contribution in [2.75, 3.05) is 7.11 Å². The van der Waals surface area contributed by atoms with Crippen LogP contribution in [-0.4, -0.2) is 29.2 Å². The lowest BCUT2D eigenvalue weighted by molar-refractivity contribution is -0.123. The van der Waals surface area contributed by atoms with Crippen molar-refractivity contribution in [1.29, 1.82) is 0 Å². The predicted molar refractivity (Wildman–Crippen MR) is 102 cm³/mol. The molecule has 1 atom stereocenters. The van der Waals surface area contributed by atoms with E-state index in [0.717, 1.165) is 18.4 Å². The minimum Gasteiger partial charge on any atom is -0.481 e. The minimum absolute atomic E-state index is 0.0787. The molecule has 1 aromatic heterocycles. The Kier molecular flexibility index (Phi) is 5.12. The van der Waals surface area contributed by atoms with Crippen molar-refractivity contribution in [3.63, 3.8) is 0 Å². The van der Waals surface area contributed by atoms with E-state index < -0.39 is 0 Å². The highest BCUT2D eigenvalue weighted by Crippen LogP contribution is 2.38. The fourth-order valence-corrected chi connectivity index (χ4v) is 4.36. The molecule has 0 saturated heterocycles. The zero-order chi connectivity index (χ0) is 18.8. The van der Waals surface area contributed by atoms with Crippen molar-refractivity contribution in [3.8, 4) is 5.88 Å². The zero-order valence-electron chi connectivity index (χ0n) is 15.6. The van der Waals surface area contributed by atoms with Gasteiger partial charge in [0.05, 0.1) is 19.3 Å². The quantitative estimate of drug-likeness (QED) is 0.825. The van der Waals surface area contributed by atoms with E-state index in [1.54, 1.807) is 13.3 Å². The molecule has 4 rings (SSSR count). The highest BCUT2D eigenvalue weighted by molar-refractivity contribution is 5.77. The predicted octanol–water partition coefficient (Wildman–Crippen LogP) is 2.82. The van der Waals surface area contributed by atoms with Gasteiger partial charge in [-0.15, -0.1) is 0 Å². The summed E-state index contributed by atoms with van der Waals surface area (Å²) in [5, 5.41) is 12.9. The summed E-state index contributed by atoms with van der Waals surface area (Å²) in [5.41, 5.74) is 3.71. The minimum atomic E-state index is -0.259. The molecule has 0 unspecified atom stereocenters. The first-order valence-electron chi connectivity index (χ1n) is 9.66. The molecule has 142 valence electrons. The molecule has 5 nitrogen and oxygen atoms in total. The van der Waals surface area contributed by atoms with E-state index >= 15 is 0 Å². The van der Waals surface area contributed by atoms with Crippen molar-refractivity contribution in [2.45, 2.75) is 44.2 Å². The van der Waals surface area contributed by atoms with Gasteiger partial charge in [0.15, 0.2) is 0 Å². The summed E-state index contributed by atoms with van der Waals surface area (Å²) < 4.78 is 5.13. The second kappa shape index (κ2) is 7.69. The third-order valence-corrected chi connectivity index (χ3v) is 5.87. The Morgan fingerprint density at radius 1 is 1.22 bits per heavy atom. The highest BCUT2D eigenvalue weighted by atomic mass is 16.5. The number of amides is 1. The molecule has 1 saturated carbocycles. The molecule has 2 aliphatic rings. The van der Waals surface area contributed by atoms with E-state index in [4.69, 9.17) is 4.74 Å². The van der Waals surface area contributed by atoms with Crippen molar-refractivity contribution in [3.05, 3.63) is 59.3 Å². The molecule has 1 heterocycles. The molecule has 0 spiro atoms. The lowest BCUT2D eigenvalue weighted by Crippen LogP contribution is -2.41. The third-order valence-electron chi connectivity index (χ3n) is 5.87. The maximum atomic E-state index is 12.8. The lowest BCUT2D eigenvalue weighted by atomic mass is 9.75. The number of aromatic nitrogens is 1. The second-order valence-electron chi connectivity index (χ2n) is 7.81. The molecule has 2 aliphatic carbocycles. The highest BCUT2D eigenvalue weighted by Gasteiger charge is 2.36. The van der Waals surface area contributed by atoms with E-state index in [9.17, 15) is 9.90 Å². The van der Waals surface area contributed by atoms with Crippen molar-refractivity contribution < 1.29 is 14.6 Å².